The van der Waals surface area contributed by atoms with Gasteiger partial charge in [-0.3, -0.25) is 4.79 Å². The van der Waals surface area contributed by atoms with Gasteiger partial charge in [-0.15, -0.1) is 0 Å². The highest BCUT2D eigenvalue weighted by Gasteiger charge is 2.23. The molecule has 102 valence electrons. The van der Waals surface area contributed by atoms with E-state index in [4.69, 9.17) is 0 Å². The second kappa shape index (κ2) is 5.64. The van der Waals surface area contributed by atoms with Gasteiger partial charge in [0.15, 0.2) is 0 Å². The second-order valence-electron chi connectivity index (χ2n) is 5.77. The van der Waals surface area contributed by atoms with Crippen LogP contribution in [0.2, 0.25) is 0 Å². The molecule has 0 spiro atoms. The van der Waals surface area contributed by atoms with Crippen molar-refractivity contribution in [3.8, 4) is 0 Å². The third kappa shape index (κ3) is 3.49. The number of amides is 1. The first-order valence-corrected chi connectivity index (χ1v) is 7.43. The molecule has 19 heavy (non-hydrogen) atoms. The lowest BCUT2D eigenvalue weighted by molar-refractivity contribution is -0.121. The predicted molar refractivity (Wildman–Crippen MR) is 77.3 cm³/mol. The van der Waals surface area contributed by atoms with Gasteiger partial charge in [0, 0.05) is 25.2 Å². The standard InChI is InChI=1S/C16H22N2O/c19-16(11-12-3-4-12)18-9-7-13-5-6-15-14(10-13)2-1-8-17-15/h5-6,10,12,17H,1-4,7-9,11H2,(H,18,19). The molecule has 0 atom stereocenters. The van der Waals surface area contributed by atoms with Crippen LogP contribution in [0.5, 0.6) is 0 Å². The number of rotatable bonds is 5. The number of nitrogens with one attached hydrogen (secondary N) is 2. The van der Waals surface area contributed by atoms with Gasteiger partial charge in [0.25, 0.3) is 0 Å². The Morgan fingerprint density at radius 3 is 3.11 bits per heavy atom. The van der Waals surface area contributed by atoms with E-state index in [9.17, 15) is 4.79 Å². The number of anilines is 1. The summed E-state index contributed by atoms with van der Waals surface area (Å²) in [6, 6.07) is 6.63. The van der Waals surface area contributed by atoms with Crippen molar-refractivity contribution in [3.05, 3.63) is 29.3 Å². The van der Waals surface area contributed by atoms with E-state index in [-0.39, 0.29) is 5.91 Å². The average Bonchev–Trinajstić information content (AvgIpc) is 3.22. The fourth-order valence-electron chi connectivity index (χ4n) is 2.69. The summed E-state index contributed by atoms with van der Waals surface area (Å²) in [5, 5.41) is 6.45. The molecule has 2 N–H and O–H groups in total. The molecule has 1 aromatic rings. The van der Waals surface area contributed by atoms with Crippen molar-refractivity contribution in [1.29, 1.82) is 0 Å². The lowest BCUT2D eigenvalue weighted by atomic mass is 9.99. The first-order chi connectivity index (χ1) is 9.31. The molecule has 0 saturated heterocycles. The Kier molecular flexibility index (Phi) is 3.72. The Hall–Kier alpha value is -1.51. The van der Waals surface area contributed by atoms with E-state index in [1.165, 1.54) is 42.5 Å². The molecule has 0 bridgehead atoms. The topological polar surface area (TPSA) is 41.1 Å². The Labute approximate surface area is 114 Å². The van der Waals surface area contributed by atoms with Crippen molar-refractivity contribution in [2.45, 2.75) is 38.5 Å². The molecule has 2 aliphatic rings. The Balaban J connectivity index is 1.47. The molecule has 0 aromatic heterocycles. The number of aryl methyl sites for hydroxylation is 1. The Morgan fingerprint density at radius 2 is 2.26 bits per heavy atom. The van der Waals surface area contributed by atoms with Crippen LogP contribution in [-0.4, -0.2) is 19.0 Å². The molecule has 1 heterocycles. The Bertz CT molecular complexity index is 466. The van der Waals surface area contributed by atoms with Gasteiger partial charge in [-0.05, 0) is 55.2 Å². The molecule has 3 heteroatoms. The molecule has 0 unspecified atom stereocenters. The van der Waals surface area contributed by atoms with E-state index in [2.05, 4.69) is 28.8 Å². The zero-order chi connectivity index (χ0) is 13.1. The summed E-state index contributed by atoms with van der Waals surface area (Å²) >= 11 is 0. The third-order valence-electron chi connectivity index (χ3n) is 4.01. The van der Waals surface area contributed by atoms with Crippen LogP contribution >= 0.6 is 0 Å². The highest BCUT2D eigenvalue weighted by Crippen LogP contribution is 2.32. The van der Waals surface area contributed by atoms with E-state index in [0.29, 0.717) is 5.92 Å². The number of fused-ring (bicyclic) bond motifs is 1. The number of carbonyl (C=O) groups excluding carboxylic acids is 1. The average molecular weight is 258 g/mol. The van der Waals surface area contributed by atoms with Gasteiger partial charge >= 0.3 is 0 Å². The van der Waals surface area contributed by atoms with Gasteiger partial charge in [0.05, 0.1) is 0 Å². The normalized spacial score (nSPS) is 17.5. The minimum absolute atomic E-state index is 0.224. The summed E-state index contributed by atoms with van der Waals surface area (Å²) in [4.78, 5) is 11.6. The summed E-state index contributed by atoms with van der Waals surface area (Å²) in [5.41, 5.74) is 4.04. The molecule has 1 aliphatic carbocycles. The van der Waals surface area contributed by atoms with Gasteiger partial charge in [0.1, 0.15) is 0 Å². The van der Waals surface area contributed by atoms with Crippen molar-refractivity contribution in [2.24, 2.45) is 5.92 Å². The number of hydrogen-bond donors (Lipinski definition) is 2. The number of hydrogen-bond acceptors (Lipinski definition) is 2. The lowest BCUT2D eigenvalue weighted by Crippen LogP contribution is -2.25. The maximum atomic E-state index is 11.6. The van der Waals surface area contributed by atoms with E-state index in [0.717, 1.165) is 25.9 Å². The van der Waals surface area contributed by atoms with Gasteiger partial charge in [-0.25, -0.2) is 0 Å². The highest BCUT2D eigenvalue weighted by molar-refractivity contribution is 5.76. The van der Waals surface area contributed by atoms with E-state index in [1.54, 1.807) is 0 Å². The lowest BCUT2D eigenvalue weighted by Gasteiger charge is -2.18. The van der Waals surface area contributed by atoms with Crippen LogP contribution in [0.15, 0.2) is 18.2 Å². The zero-order valence-corrected chi connectivity index (χ0v) is 11.4. The smallest absolute Gasteiger partial charge is 0.220 e. The molecule has 1 fully saturated rings. The minimum atomic E-state index is 0.224. The monoisotopic (exact) mass is 258 g/mol. The first kappa shape index (κ1) is 12.5. The SMILES string of the molecule is O=C(CC1CC1)NCCc1ccc2c(c1)CCCN2. The maximum Gasteiger partial charge on any atom is 0.220 e. The molecule has 1 saturated carbocycles. The van der Waals surface area contributed by atoms with E-state index < -0.39 is 0 Å². The van der Waals surface area contributed by atoms with Crippen LogP contribution in [0.4, 0.5) is 5.69 Å². The summed E-state index contributed by atoms with van der Waals surface area (Å²) in [5.74, 6) is 0.900. The largest absolute Gasteiger partial charge is 0.385 e. The highest BCUT2D eigenvalue weighted by atomic mass is 16.1. The van der Waals surface area contributed by atoms with Crippen molar-refractivity contribution < 1.29 is 4.79 Å². The van der Waals surface area contributed by atoms with Crippen LogP contribution in [0, 0.1) is 5.92 Å². The van der Waals surface area contributed by atoms with Gasteiger partial charge < -0.3 is 10.6 Å². The van der Waals surface area contributed by atoms with Gasteiger partial charge in [-0.2, -0.15) is 0 Å². The molecule has 1 aromatic carbocycles. The van der Waals surface area contributed by atoms with Crippen molar-refractivity contribution in [1.82, 2.24) is 5.32 Å². The molecular weight excluding hydrogens is 236 g/mol. The van der Waals surface area contributed by atoms with Gasteiger partial charge in [-0.1, -0.05) is 12.1 Å². The van der Waals surface area contributed by atoms with Crippen LogP contribution in [0.25, 0.3) is 0 Å². The molecule has 3 rings (SSSR count). The molecule has 1 aliphatic heterocycles. The van der Waals surface area contributed by atoms with Crippen molar-refractivity contribution in [2.75, 3.05) is 18.4 Å². The van der Waals surface area contributed by atoms with Crippen LogP contribution in [0.1, 0.15) is 36.8 Å². The van der Waals surface area contributed by atoms with Gasteiger partial charge in [0.2, 0.25) is 5.91 Å². The molecule has 1 amide bonds. The fourth-order valence-corrected chi connectivity index (χ4v) is 2.69. The van der Waals surface area contributed by atoms with Crippen LogP contribution < -0.4 is 10.6 Å². The van der Waals surface area contributed by atoms with E-state index in [1.807, 2.05) is 0 Å². The maximum absolute atomic E-state index is 11.6. The summed E-state index contributed by atoms with van der Waals surface area (Å²) < 4.78 is 0. The van der Waals surface area contributed by atoms with E-state index >= 15 is 0 Å². The molecule has 0 radical (unpaired) electrons. The Morgan fingerprint density at radius 1 is 1.37 bits per heavy atom. The summed E-state index contributed by atoms with van der Waals surface area (Å²) in [7, 11) is 0. The fraction of sp³-hybridized carbons (Fsp3) is 0.562. The third-order valence-corrected chi connectivity index (χ3v) is 4.01. The zero-order valence-electron chi connectivity index (χ0n) is 11.4. The molecular formula is C16H22N2O. The van der Waals surface area contributed by atoms with Crippen LogP contribution in [0.3, 0.4) is 0 Å². The predicted octanol–water partition coefficient (Wildman–Crippen LogP) is 2.50. The van der Waals surface area contributed by atoms with Crippen LogP contribution in [-0.2, 0) is 17.6 Å². The number of carbonyl (C=O) groups is 1. The minimum Gasteiger partial charge on any atom is -0.385 e. The number of benzene rings is 1. The van der Waals surface area contributed by atoms with Crippen molar-refractivity contribution in [3.63, 3.8) is 0 Å². The summed E-state index contributed by atoms with van der Waals surface area (Å²) in [6.45, 7) is 1.85. The first-order valence-electron chi connectivity index (χ1n) is 7.43. The van der Waals surface area contributed by atoms with Crippen molar-refractivity contribution >= 4 is 11.6 Å². The summed E-state index contributed by atoms with van der Waals surface area (Å²) in [6.07, 6.45) is 6.53. The molecule has 3 nitrogen and oxygen atoms in total. The second-order valence-corrected chi connectivity index (χ2v) is 5.77. The quantitative estimate of drug-likeness (QED) is 0.852.